The van der Waals surface area contributed by atoms with E-state index < -0.39 is 0 Å². The topological polar surface area (TPSA) is 104 Å². The van der Waals surface area contributed by atoms with E-state index in [-0.39, 0.29) is 24.2 Å². The van der Waals surface area contributed by atoms with Crippen LogP contribution in [-0.4, -0.2) is 41.2 Å². The molecule has 0 spiro atoms. The molecular formula is C28H31N5O2S. The number of rotatable bonds is 5. The fourth-order valence-corrected chi connectivity index (χ4v) is 5.98. The van der Waals surface area contributed by atoms with Gasteiger partial charge in [-0.05, 0) is 74.4 Å². The van der Waals surface area contributed by atoms with E-state index in [4.69, 9.17) is 10.5 Å². The quantitative estimate of drug-likeness (QED) is 0.496. The minimum Gasteiger partial charge on any atom is -0.490 e. The maximum absolute atomic E-state index is 12.9. The third-order valence-corrected chi connectivity index (χ3v) is 7.96. The van der Waals surface area contributed by atoms with Crippen molar-refractivity contribution in [2.24, 2.45) is 5.73 Å². The van der Waals surface area contributed by atoms with Crippen molar-refractivity contribution in [3.8, 4) is 32.8 Å². The lowest BCUT2D eigenvalue weighted by Crippen LogP contribution is -2.47. The second-order valence-electron chi connectivity index (χ2n) is 9.76. The van der Waals surface area contributed by atoms with Crippen LogP contribution >= 0.6 is 11.3 Å². The molecule has 186 valence electrons. The number of fused-ring (bicyclic) bond motifs is 1. The van der Waals surface area contributed by atoms with E-state index in [0.29, 0.717) is 24.4 Å². The first-order valence-corrected chi connectivity index (χ1v) is 13.3. The van der Waals surface area contributed by atoms with Crippen LogP contribution in [0.25, 0.3) is 21.0 Å². The Bertz CT molecular complexity index is 1300. The molecule has 1 fully saturated rings. The number of hydrogen-bond donors (Lipinski definition) is 2. The number of nitriles is 1. The highest BCUT2D eigenvalue weighted by molar-refractivity contribution is 7.18. The number of carbonyl (C=O) groups is 1. The number of urea groups is 1. The van der Waals surface area contributed by atoms with Crippen molar-refractivity contribution < 1.29 is 9.53 Å². The van der Waals surface area contributed by atoms with E-state index in [1.54, 1.807) is 11.3 Å². The molecule has 1 aliphatic carbocycles. The number of nitrogens with one attached hydrogen (secondary N) is 1. The molecule has 5 rings (SSSR count). The molecule has 3 aromatic rings. The SMILES string of the molecule is CC(C)Oc1ccc(-c2ncc(-c3cccc4c3CC[C@@H]4NC(=O)N3CCC(N)CC3)s2)cc1C#N. The Balaban J connectivity index is 1.35. The molecule has 2 heterocycles. The van der Waals surface area contributed by atoms with Crippen LogP contribution in [0.5, 0.6) is 5.75 Å². The molecule has 0 saturated carbocycles. The number of thiazole rings is 1. The first kappa shape index (κ1) is 24.3. The van der Waals surface area contributed by atoms with Gasteiger partial charge in [-0.3, -0.25) is 0 Å². The molecule has 1 aliphatic heterocycles. The number of nitrogens with zero attached hydrogens (tertiary/aromatic N) is 3. The Labute approximate surface area is 215 Å². The summed E-state index contributed by atoms with van der Waals surface area (Å²) < 4.78 is 5.75. The lowest BCUT2D eigenvalue weighted by Gasteiger charge is -2.31. The van der Waals surface area contributed by atoms with E-state index >= 15 is 0 Å². The fourth-order valence-electron chi connectivity index (χ4n) is 5.02. The zero-order chi connectivity index (χ0) is 25.2. The molecule has 3 N–H and O–H groups in total. The van der Waals surface area contributed by atoms with Gasteiger partial charge in [-0.15, -0.1) is 11.3 Å². The molecule has 2 amide bonds. The minimum atomic E-state index is 0.00125. The zero-order valence-electron chi connectivity index (χ0n) is 20.7. The van der Waals surface area contributed by atoms with E-state index in [1.807, 2.05) is 43.1 Å². The Morgan fingerprint density at radius 2 is 2.06 bits per heavy atom. The lowest BCUT2D eigenvalue weighted by atomic mass is 10.0. The monoisotopic (exact) mass is 501 g/mol. The number of piperidine rings is 1. The molecule has 7 nitrogen and oxygen atoms in total. The molecule has 1 aromatic heterocycles. The number of aromatic nitrogens is 1. The number of nitrogens with two attached hydrogens (primary N) is 1. The Hall–Kier alpha value is -3.41. The highest BCUT2D eigenvalue weighted by atomic mass is 32.1. The summed E-state index contributed by atoms with van der Waals surface area (Å²) in [6.45, 7) is 5.32. The van der Waals surface area contributed by atoms with Crippen molar-refractivity contribution in [3.63, 3.8) is 0 Å². The van der Waals surface area contributed by atoms with Crippen molar-refractivity contribution >= 4 is 17.4 Å². The highest BCUT2D eigenvalue weighted by Crippen LogP contribution is 2.41. The number of carbonyl (C=O) groups excluding carboxylic acids is 1. The molecule has 36 heavy (non-hydrogen) atoms. The van der Waals surface area contributed by atoms with Gasteiger partial charge in [-0.1, -0.05) is 18.2 Å². The molecule has 0 bridgehead atoms. The lowest BCUT2D eigenvalue weighted by molar-refractivity contribution is 0.178. The van der Waals surface area contributed by atoms with Gasteiger partial charge in [0, 0.05) is 30.9 Å². The second-order valence-corrected chi connectivity index (χ2v) is 10.8. The van der Waals surface area contributed by atoms with Crippen molar-refractivity contribution in [2.75, 3.05) is 13.1 Å². The maximum Gasteiger partial charge on any atom is 0.317 e. The van der Waals surface area contributed by atoms with E-state index in [0.717, 1.165) is 46.7 Å². The highest BCUT2D eigenvalue weighted by Gasteiger charge is 2.29. The number of hydrogen-bond acceptors (Lipinski definition) is 6. The van der Waals surface area contributed by atoms with Crippen molar-refractivity contribution in [3.05, 3.63) is 59.3 Å². The van der Waals surface area contributed by atoms with Gasteiger partial charge in [0.1, 0.15) is 16.8 Å². The van der Waals surface area contributed by atoms with Gasteiger partial charge in [0.2, 0.25) is 0 Å². The summed E-state index contributed by atoms with van der Waals surface area (Å²) in [5, 5.41) is 13.7. The molecule has 0 radical (unpaired) electrons. The van der Waals surface area contributed by atoms with Crippen LogP contribution in [0.4, 0.5) is 4.79 Å². The van der Waals surface area contributed by atoms with Crippen LogP contribution in [0.1, 0.15) is 55.8 Å². The summed E-state index contributed by atoms with van der Waals surface area (Å²) in [5.74, 6) is 0.592. The molecule has 2 aromatic carbocycles. The zero-order valence-corrected chi connectivity index (χ0v) is 21.5. The second kappa shape index (κ2) is 10.3. The third kappa shape index (κ3) is 4.95. The molecule has 1 atom stereocenters. The molecule has 1 saturated heterocycles. The van der Waals surface area contributed by atoms with Gasteiger partial charge >= 0.3 is 6.03 Å². The predicted octanol–water partition coefficient (Wildman–Crippen LogP) is 5.26. The fraction of sp³-hybridized carbons (Fsp3) is 0.393. The smallest absolute Gasteiger partial charge is 0.317 e. The van der Waals surface area contributed by atoms with Crippen LogP contribution < -0.4 is 15.8 Å². The summed E-state index contributed by atoms with van der Waals surface area (Å²) in [4.78, 5) is 20.5. The summed E-state index contributed by atoms with van der Waals surface area (Å²) in [6, 6.07) is 14.4. The van der Waals surface area contributed by atoms with Gasteiger partial charge in [0.25, 0.3) is 0 Å². The third-order valence-electron chi connectivity index (χ3n) is 6.88. The van der Waals surface area contributed by atoms with Gasteiger partial charge in [-0.2, -0.15) is 5.26 Å². The van der Waals surface area contributed by atoms with Gasteiger partial charge in [-0.25, -0.2) is 9.78 Å². The van der Waals surface area contributed by atoms with Gasteiger partial charge in [0.15, 0.2) is 0 Å². The Kier molecular flexibility index (Phi) is 6.95. The minimum absolute atomic E-state index is 0.00125. The maximum atomic E-state index is 12.9. The van der Waals surface area contributed by atoms with Crippen molar-refractivity contribution in [1.82, 2.24) is 15.2 Å². The average molecular weight is 502 g/mol. The summed E-state index contributed by atoms with van der Waals surface area (Å²) in [6.07, 6.45) is 5.42. The Morgan fingerprint density at radius 3 is 2.81 bits per heavy atom. The van der Waals surface area contributed by atoms with Crippen LogP contribution in [0.15, 0.2) is 42.6 Å². The number of benzene rings is 2. The van der Waals surface area contributed by atoms with Crippen LogP contribution in [0, 0.1) is 11.3 Å². The molecule has 8 heteroatoms. The summed E-state index contributed by atoms with van der Waals surface area (Å²) in [5.41, 5.74) is 11.0. The van der Waals surface area contributed by atoms with E-state index in [2.05, 4.69) is 34.6 Å². The van der Waals surface area contributed by atoms with Gasteiger partial charge in [0.05, 0.1) is 22.6 Å². The number of likely N-dealkylation sites (tertiary alicyclic amines) is 1. The Morgan fingerprint density at radius 1 is 1.25 bits per heavy atom. The largest absolute Gasteiger partial charge is 0.490 e. The van der Waals surface area contributed by atoms with Crippen molar-refractivity contribution in [2.45, 2.75) is 57.7 Å². The van der Waals surface area contributed by atoms with Gasteiger partial charge < -0.3 is 20.7 Å². The molecular weight excluding hydrogens is 470 g/mol. The van der Waals surface area contributed by atoms with Crippen LogP contribution in [-0.2, 0) is 6.42 Å². The van der Waals surface area contributed by atoms with Crippen molar-refractivity contribution in [1.29, 1.82) is 5.26 Å². The predicted molar refractivity (Wildman–Crippen MR) is 142 cm³/mol. The number of amides is 2. The standard InChI is InChI=1S/C28H31N5O2S/c1-17(2)35-25-9-6-18(14-19(25)15-29)27-31-16-26(36-27)23-5-3-4-22-21(23)7-8-24(22)32-28(34)33-12-10-20(30)11-13-33/h3-6,9,14,16-17,20,24H,7-8,10-13,30H2,1-2H3,(H,32,34)/t24-/m0/s1. The summed E-state index contributed by atoms with van der Waals surface area (Å²) >= 11 is 1.61. The number of ether oxygens (including phenoxy) is 1. The van der Waals surface area contributed by atoms with Crippen LogP contribution in [0.2, 0.25) is 0 Å². The first-order chi connectivity index (χ1) is 17.4. The first-order valence-electron chi connectivity index (χ1n) is 12.5. The molecule has 0 unspecified atom stereocenters. The van der Waals surface area contributed by atoms with E-state index in [9.17, 15) is 10.1 Å². The summed E-state index contributed by atoms with van der Waals surface area (Å²) in [7, 11) is 0. The normalized spacial score (nSPS) is 17.6. The average Bonchev–Trinajstić information content (AvgIpc) is 3.52. The van der Waals surface area contributed by atoms with E-state index in [1.165, 1.54) is 11.1 Å². The van der Waals surface area contributed by atoms with Crippen LogP contribution in [0.3, 0.4) is 0 Å². The molecule has 2 aliphatic rings.